The van der Waals surface area contributed by atoms with E-state index in [1.54, 1.807) is 45.0 Å². The van der Waals surface area contributed by atoms with Crippen molar-refractivity contribution < 1.29 is 19.1 Å². The molecule has 0 spiro atoms. The van der Waals surface area contributed by atoms with Gasteiger partial charge in [-0.05, 0) is 45.0 Å². The van der Waals surface area contributed by atoms with Gasteiger partial charge >= 0.3 is 6.09 Å². The lowest BCUT2D eigenvalue weighted by Gasteiger charge is -2.26. The quantitative estimate of drug-likeness (QED) is 0.800. The van der Waals surface area contributed by atoms with Gasteiger partial charge in [-0.2, -0.15) is 0 Å². The summed E-state index contributed by atoms with van der Waals surface area (Å²) in [5.41, 5.74) is -0.598. The summed E-state index contributed by atoms with van der Waals surface area (Å²) in [6, 6.07) is 6.46. The normalized spacial score (nSPS) is 21.5. The van der Waals surface area contributed by atoms with Crippen molar-refractivity contribution in [2.75, 3.05) is 6.54 Å². The van der Waals surface area contributed by atoms with E-state index in [2.05, 4.69) is 0 Å². The standard InChI is InChI=1S/C16H20ClNO4/c1-16(2,3)22-15(20)18-9-14(8-12(18)10-19)21-13-6-4-11(17)5-7-13/h4-7,10,12,14H,8-9H2,1-3H3/t12-,14-/m0/s1. The van der Waals surface area contributed by atoms with E-state index in [1.165, 1.54) is 4.90 Å². The van der Waals surface area contributed by atoms with Crippen molar-refractivity contribution in [2.45, 2.75) is 44.9 Å². The number of carbonyl (C=O) groups excluding carboxylic acids is 2. The van der Waals surface area contributed by atoms with E-state index >= 15 is 0 Å². The molecular formula is C16H20ClNO4. The lowest BCUT2D eigenvalue weighted by atomic mass is 10.2. The van der Waals surface area contributed by atoms with E-state index in [0.29, 0.717) is 23.7 Å². The van der Waals surface area contributed by atoms with E-state index in [-0.39, 0.29) is 6.10 Å². The van der Waals surface area contributed by atoms with E-state index in [4.69, 9.17) is 21.1 Å². The molecule has 0 unspecified atom stereocenters. The number of hydrogen-bond donors (Lipinski definition) is 0. The summed E-state index contributed by atoms with van der Waals surface area (Å²) in [4.78, 5) is 24.8. The second-order valence-electron chi connectivity index (χ2n) is 6.27. The lowest BCUT2D eigenvalue weighted by Crippen LogP contribution is -2.41. The van der Waals surface area contributed by atoms with Gasteiger partial charge in [0.1, 0.15) is 23.7 Å². The van der Waals surface area contributed by atoms with Gasteiger partial charge in [-0.3, -0.25) is 4.90 Å². The molecule has 1 aromatic rings. The molecule has 120 valence electrons. The fourth-order valence-electron chi connectivity index (χ4n) is 2.28. The van der Waals surface area contributed by atoms with E-state index in [0.717, 1.165) is 6.29 Å². The Labute approximate surface area is 135 Å². The average molecular weight is 326 g/mol. The van der Waals surface area contributed by atoms with Crippen molar-refractivity contribution in [1.82, 2.24) is 4.90 Å². The van der Waals surface area contributed by atoms with Gasteiger partial charge in [-0.15, -0.1) is 0 Å². The number of carbonyl (C=O) groups is 2. The molecule has 6 heteroatoms. The zero-order valence-corrected chi connectivity index (χ0v) is 13.7. The first-order valence-corrected chi connectivity index (χ1v) is 7.53. The topological polar surface area (TPSA) is 55.8 Å². The number of nitrogens with zero attached hydrogens (tertiary/aromatic N) is 1. The van der Waals surface area contributed by atoms with Gasteiger partial charge in [0.2, 0.25) is 0 Å². The van der Waals surface area contributed by atoms with Crippen LogP contribution >= 0.6 is 11.6 Å². The van der Waals surface area contributed by atoms with Gasteiger partial charge in [0, 0.05) is 11.4 Å². The van der Waals surface area contributed by atoms with Gasteiger partial charge in [0.05, 0.1) is 12.6 Å². The second kappa shape index (κ2) is 6.57. The van der Waals surface area contributed by atoms with Crippen LogP contribution in [0.4, 0.5) is 4.79 Å². The van der Waals surface area contributed by atoms with Gasteiger partial charge in [0.25, 0.3) is 0 Å². The number of rotatable bonds is 3. The summed E-state index contributed by atoms with van der Waals surface area (Å²) in [6.45, 7) is 5.69. The third kappa shape index (κ3) is 4.37. The number of benzene rings is 1. The summed E-state index contributed by atoms with van der Waals surface area (Å²) in [7, 11) is 0. The Bertz CT molecular complexity index is 538. The molecule has 0 bridgehead atoms. The summed E-state index contributed by atoms with van der Waals surface area (Å²) in [6.07, 6.45) is 0.469. The monoisotopic (exact) mass is 325 g/mol. The highest BCUT2D eigenvalue weighted by Gasteiger charge is 2.38. The van der Waals surface area contributed by atoms with E-state index in [1.807, 2.05) is 0 Å². The Kier molecular flexibility index (Phi) is 4.96. The number of hydrogen-bond acceptors (Lipinski definition) is 4. The molecule has 1 aliphatic heterocycles. The number of likely N-dealkylation sites (tertiary alicyclic amines) is 1. The lowest BCUT2D eigenvalue weighted by molar-refractivity contribution is -0.111. The van der Waals surface area contributed by atoms with Crippen LogP contribution in [0.15, 0.2) is 24.3 Å². The zero-order valence-electron chi connectivity index (χ0n) is 12.9. The minimum atomic E-state index is -0.598. The number of amides is 1. The highest BCUT2D eigenvalue weighted by molar-refractivity contribution is 6.30. The molecule has 2 atom stereocenters. The third-order valence-electron chi connectivity index (χ3n) is 3.21. The van der Waals surface area contributed by atoms with Crippen LogP contribution in [-0.4, -0.2) is 41.6 Å². The van der Waals surface area contributed by atoms with Crippen LogP contribution < -0.4 is 4.74 Å². The number of ether oxygens (including phenoxy) is 2. The predicted molar refractivity (Wildman–Crippen MR) is 83.3 cm³/mol. The molecule has 1 saturated heterocycles. The van der Waals surface area contributed by atoms with Crippen molar-refractivity contribution in [2.24, 2.45) is 0 Å². The number of halogens is 1. The molecule has 5 nitrogen and oxygen atoms in total. The van der Waals surface area contributed by atoms with Crippen molar-refractivity contribution in [3.63, 3.8) is 0 Å². The average Bonchev–Trinajstić information content (AvgIpc) is 2.83. The largest absolute Gasteiger partial charge is 0.488 e. The molecule has 0 saturated carbocycles. The van der Waals surface area contributed by atoms with Crippen LogP contribution in [0.5, 0.6) is 5.75 Å². The van der Waals surface area contributed by atoms with Crippen LogP contribution in [0.2, 0.25) is 5.02 Å². The highest BCUT2D eigenvalue weighted by Crippen LogP contribution is 2.25. The molecule has 2 rings (SSSR count). The first-order chi connectivity index (χ1) is 10.3. The van der Waals surface area contributed by atoms with E-state index < -0.39 is 17.7 Å². The fraction of sp³-hybridized carbons (Fsp3) is 0.500. The molecule has 0 N–H and O–H groups in total. The summed E-state index contributed by atoms with van der Waals surface area (Å²) in [5.74, 6) is 0.657. The zero-order chi connectivity index (χ0) is 16.3. The maximum absolute atomic E-state index is 12.1. The SMILES string of the molecule is CC(C)(C)OC(=O)N1C[C@@H](Oc2ccc(Cl)cc2)C[C@H]1C=O. The molecule has 1 amide bonds. The maximum Gasteiger partial charge on any atom is 0.411 e. The van der Waals surface area contributed by atoms with Crippen LogP contribution in [0.1, 0.15) is 27.2 Å². The van der Waals surface area contributed by atoms with Crippen LogP contribution in [0, 0.1) is 0 Å². The third-order valence-corrected chi connectivity index (χ3v) is 3.46. The Morgan fingerprint density at radius 3 is 2.50 bits per heavy atom. The Morgan fingerprint density at radius 2 is 1.95 bits per heavy atom. The predicted octanol–water partition coefficient (Wildman–Crippen LogP) is 3.30. The fourth-order valence-corrected chi connectivity index (χ4v) is 2.40. The maximum atomic E-state index is 12.1. The first-order valence-electron chi connectivity index (χ1n) is 7.15. The molecule has 1 aliphatic rings. The van der Waals surface area contributed by atoms with Crippen molar-refractivity contribution in [1.29, 1.82) is 0 Å². The molecular weight excluding hydrogens is 306 g/mol. The Morgan fingerprint density at radius 1 is 1.32 bits per heavy atom. The summed E-state index contributed by atoms with van der Waals surface area (Å²) >= 11 is 5.83. The van der Waals surface area contributed by atoms with Gasteiger partial charge in [-0.25, -0.2) is 4.79 Å². The molecule has 0 radical (unpaired) electrons. The summed E-state index contributed by atoms with van der Waals surface area (Å²) in [5, 5.41) is 0.625. The Balaban J connectivity index is 2.01. The van der Waals surface area contributed by atoms with Crippen LogP contribution in [0.3, 0.4) is 0 Å². The van der Waals surface area contributed by atoms with Crippen molar-refractivity contribution in [3.05, 3.63) is 29.3 Å². The first kappa shape index (κ1) is 16.6. The minimum Gasteiger partial charge on any atom is -0.488 e. The molecule has 0 aliphatic carbocycles. The van der Waals surface area contributed by atoms with Crippen molar-refractivity contribution in [3.8, 4) is 5.75 Å². The van der Waals surface area contributed by atoms with Gasteiger partial charge in [-0.1, -0.05) is 11.6 Å². The molecule has 1 heterocycles. The summed E-state index contributed by atoms with van der Waals surface area (Å²) < 4.78 is 11.1. The Hall–Kier alpha value is -1.75. The minimum absolute atomic E-state index is 0.246. The molecule has 1 aromatic carbocycles. The molecule has 0 aromatic heterocycles. The van der Waals surface area contributed by atoms with Crippen LogP contribution in [0.25, 0.3) is 0 Å². The van der Waals surface area contributed by atoms with E-state index in [9.17, 15) is 9.59 Å². The van der Waals surface area contributed by atoms with Gasteiger partial charge < -0.3 is 14.3 Å². The van der Waals surface area contributed by atoms with Gasteiger partial charge in [0.15, 0.2) is 0 Å². The highest BCUT2D eigenvalue weighted by atomic mass is 35.5. The number of aldehydes is 1. The second-order valence-corrected chi connectivity index (χ2v) is 6.70. The molecule has 1 fully saturated rings. The van der Waals surface area contributed by atoms with Crippen LogP contribution in [-0.2, 0) is 9.53 Å². The van der Waals surface area contributed by atoms with Crippen molar-refractivity contribution >= 4 is 24.0 Å². The molecule has 22 heavy (non-hydrogen) atoms. The smallest absolute Gasteiger partial charge is 0.411 e.